The number of hydroxylamine groups is 2. The first-order valence-corrected chi connectivity index (χ1v) is 10.9. The van der Waals surface area contributed by atoms with Crippen molar-refractivity contribution in [3.63, 3.8) is 0 Å². The summed E-state index contributed by atoms with van der Waals surface area (Å²) in [7, 11) is -2.29. The highest BCUT2D eigenvalue weighted by molar-refractivity contribution is 7.47. The van der Waals surface area contributed by atoms with Crippen LogP contribution < -0.4 is 0 Å². The molecule has 2 atom stereocenters. The number of aliphatic hydroxyl groups is 2. The molecule has 0 heterocycles. The zero-order chi connectivity index (χ0) is 21.3. The van der Waals surface area contributed by atoms with Crippen LogP contribution in [0.25, 0.3) is 0 Å². The molecule has 166 valence electrons. The molecule has 0 spiro atoms. The van der Waals surface area contributed by atoms with Crippen LogP contribution >= 0.6 is 7.82 Å². The summed E-state index contributed by atoms with van der Waals surface area (Å²) in [5.74, 6) is 1.36. The minimum absolute atomic E-state index is 0.0488. The van der Waals surface area contributed by atoms with Gasteiger partial charge in [-0.3, -0.25) is 18.7 Å². The molecule has 0 aliphatic rings. The summed E-state index contributed by atoms with van der Waals surface area (Å²) in [5, 5.41) is 17.7. The third kappa shape index (κ3) is 23.9. The highest BCUT2D eigenvalue weighted by atomic mass is 31.2. The van der Waals surface area contributed by atoms with E-state index in [2.05, 4.69) is 20.8 Å². The fourth-order valence-corrected chi connectivity index (χ4v) is 2.85. The van der Waals surface area contributed by atoms with Crippen molar-refractivity contribution in [3.05, 3.63) is 0 Å². The summed E-state index contributed by atoms with van der Waals surface area (Å²) >= 11 is 0. The molecule has 3 N–H and O–H groups in total. The second kappa shape index (κ2) is 18.0. The topological polar surface area (TPSA) is 118 Å². The Morgan fingerprint density at radius 1 is 0.889 bits per heavy atom. The van der Waals surface area contributed by atoms with Crippen LogP contribution in [-0.4, -0.2) is 67.0 Å². The Kier molecular flexibility index (Phi) is 19.4. The van der Waals surface area contributed by atoms with Crippen LogP contribution in [-0.2, 0) is 23.3 Å². The van der Waals surface area contributed by atoms with Gasteiger partial charge in [0.15, 0.2) is 0 Å². The average molecular weight is 417 g/mol. The van der Waals surface area contributed by atoms with Gasteiger partial charge in [-0.05, 0) is 30.6 Å². The predicted octanol–water partition coefficient (Wildman–Crippen LogP) is 2.61. The van der Waals surface area contributed by atoms with E-state index in [-0.39, 0.29) is 45.6 Å². The average Bonchev–Trinajstić information content (AvgIpc) is 2.56. The van der Waals surface area contributed by atoms with Crippen LogP contribution in [0.4, 0.5) is 0 Å². The van der Waals surface area contributed by atoms with Crippen molar-refractivity contribution in [2.45, 2.75) is 47.5 Å². The molecule has 0 fully saturated rings. The molecule has 2 unspecified atom stereocenters. The molecular formula is C17H40NO8P. The van der Waals surface area contributed by atoms with Crippen LogP contribution in [0.2, 0.25) is 0 Å². The van der Waals surface area contributed by atoms with Crippen molar-refractivity contribution in [1.29, 1.82) is 0 Å². The zero-order valence-corrected chi connectivity index (χ0v) is 18.6. The van der Waals surface area contributed by atoms with E-state index >= 15 is 0 Å². The maximum absolute atomic E-state index is 11.4. The quantitative estimate of drug-likeness (QED) is 0.273. The van der Waals surface area contributed by atoms with Crippen LogP contribution in [0.3, 0.4) is 0 Å². The molecule has 0 saturated carbocycles. The van der Waals surface area contributed by atoms with E-state index < -0.39 is 7.82 Å². The monoisotopic (exact) mass is 417 g/mol. The van der Waals surface area contributed by atoms with Gasteiger partial charge in [0.25, 0.3) is 0 Å². The van der Waals surface area contributed by atoms with Gasteiger partial charge in [0.1, 0.15) is 0 Å². The summed E-state index contributed by atoms with van der Waals surface area (Å²) < 4.78 is 21.2. The Labute approximate surface area is 164 Å². The molecular weight excluding hydrogens is 377 g/mol. The Hall–Kier alpha value is -0.0900. The van der Waals surface area contributed by atoms with Crippen molar-refractivity contribution in [2.75, 3.05) is 46.7 Å². The van der Waals surface area contributed by atoms with Gasteiger partial charge in [-0.25, -0.2) is 4.57 Å². The number of rotatable bonds is 15. The van der Waals surface area contributed by atoms with Crippen molar-refractivity contribution >= 4 is 7.82 Å². The van der Waals surface area contributed by atoms with Crippen molar-refractivity contribution in [1.82, 2.24) is 5.23 Å². The Morgan fingerprint density at radius 2 is 1.41 bits per heavy atom. The number of hydrogen-bond donors (Lipinski definition) is 3. The van der Waals surface area contributed by atoms with Gasteiger partial charge in [-0.1, -0.05) is 39.8 Å². The first kappa shape index (κ1) is 29.1. The molecule has 10 heteroatoms. The van der Waals surface area contributed by atoms with Gasteiger partial charge in [-0.15, -0.1) is 0 Å². The number of nitrogens with zero attached hydrogens (tertiary/aromatic N) is 1. The van der Waals surface area contributed by atoms with Gasteiger partial charge < -0.3 is 15.1 Å². The molecule has 9 nitrogen and oxygen atoms in total. The lowest BCUT2D eigenvalue weighted by Crippen LogP contribution is -2.22. The van der Waals surface area contributed by atoms with E-state index in [9.17, 15) is 9.46 Å². The smallest absolute Gasteiger partial charge is 0.394 e. The lowest BCUT2D eigenvalue weighted by Gasteiger charge is -2.16. The van der Waals surface area contributed by atoms with E-state index in [1.54, 1.807) is 7.05 Å². The van der Waals surface area contributed by atoms with Gasteiger partial charge in [-0.2, -0.15) is 0 Å². The third-order valence-corrected chi connectivity index (χ3v) is 4.02. The molecule has 0 amide bonds. The highest BCUT2D eigenvalue weighted by Gasteiger charge is 2.21. The van der Waals surface area contributed by atoms with Crippen LogP contribution in [0.5, 0.6) is 0 Å². The van der Waals surface area contributed by atoms with Gasteiger partial charge in [0.2, 0.25) is 0 Å². The maximum atomic E-state index is 11.4. The maximum Gasteiger partial charge on any atom is 0.472 e. The largest absolute Gasteiger partial charge is 0.472 e. The van der Waals surface area contributed by atoms with Crippen LogP contribution in [0.15, 0.2) is 0 Å². The van der Waals surface area contributed by atoms with Gasteiger partial charge in [0.05, 0.1) is 39.6 Å². The fraction of sp³-hybridized carbons (Fsp3) is 1.00. The van der Waals surface area contributed by atoms with Crippen LogP contribution in [0, 0.1) is 17.8 Å². The first-order chi connectivity index (χ1) is 12.5. The second-order valence-electron chi connectivity index (χ2n) is 7.07. The van der Waals surface area contributed by atoms with Crippen molar-refractivity contribution in [2.24, 2.45) is 17.8 Å². The molecule has 0 aliphatic heterocycles. The Balaban J connectivity index is 0. The predicted molar refractivity (Wildman–Crippen MR) is 104 cm³/mol. The number of phosphoric acid groups is 1. The standard InChI is InChI=1S/C12H27O4P.C5H13NO4/c1-10(2)8-12(5)6-7-15-17(13,14)16-9-11(3)4;1-6(9-4-2-7)10-5-3-8/h10-12H,6-9H2,1-5H3,(H,13,14);7-8H,2-5H2,1H3. The first-order valence-electron chi connectivity index (χ1n) is 9.37. The van der Waals surface area contributed by atoms with Crippen molar-refractivity contribution < 1.29 is 38.4 Å². The third-order valence-electron chi connectivity index (χ3n) is 3.04. The van der Waals surface area contributed by atoms with E-state index in [0.29, 0.717) is 11.8 Å². The molecule has 0 aromatic rings. The van der Waals surface area contributed by atoms with E-state index in [1.165, 1.54) is 0 Å². The Morgan fingerprint density at radius 3 is 1.81 bits per heavy atom. The summed E-state index contributed by atoms with van der Waals surface area (Å²) in [6.07, 6.45) is 1.89. The summed E-state index contributed by atoms with van der Waals surface area (Å²) in [6, 6.07) is 0. The minimum Gasteiger partial charge on any atom is -0.394 e. The number of hydrogen-bond acceptors (Lipinski definition) is 8. The van der Waals surface area contributed by atoms with Gasteiger partial charge in [0, 0.05) is 7.05 Å². The molecule has 0 rings (SSSR count). The minimum atomic E-state index is -3.84. The number of aliphatic hydroxyl groups excluding tert-OH is 2. The highest BCUT2D eigenvalue weighted by Crippen LogP contribution is 2.43. The molecule has 0 aromatic heterocycles. The fourth-order valence-electron chi connectivity index (χ4n) is 1.95. The molecule has 0 aliphatic carbocycles. The summed E-state index contributed by atoms with van der Waals surface area (Å²) in [5.41, 5.74) is 0. The SMILES string of the molecule is CC(C)COP(=O)(O)OCCC(C)CC(C)C.CN(OCCO)OCCO. The summed E-state index contributed by atoms with van der Waals surface area (Å²) in [4.78, 5) is 18.9. The van der Waals surface area contributed by atoms with E-state index in [1.807, 2.05) is 13.8 Å². The molecule has 0 saturated heterocycles. The number of phosphoric ester groups is 1. The lowest BCUT2D eigenvalue weighted by atomic mass is 9.97. The molecule has 0 bridgehead atoms. The molecule has 0 aromatic carbocycles. The summed E-state index contributed by atoms with van der Waals surface area (Å²) in [6.45, 7) is 11.1. The van der Waals surface area contributed by atoms with E-state index in [0.717, 1.165) is 18.1 Å². The second-order valence-corrected chi connectivity index (χ2v) is 8.52. The molecule has 0 radical (unpaired) electrons. The zero-order valence-electron chi connectivity index (χ0n) is 17.7. The lowest BCUT2D eigenvalue weighted by molar-refractivity contribution is -0.356. The van der Waals surface area contributed by atoms with Gasteiger partial charge >= 0.3 is 7.82 Å². The van der Waals surface area contributed by atoms with E-state index in [4.69, 9.17) is 28.9 Å². The molecule has 27 heavy (non-hydrogen) atoms. The Bertz CT molecular complexity index is 363. The van der Waals surface area contributed by atoms with Crippen LogP contribution in [0.1, 0.15) is 47.5 Å². The van der Waals surface area contributed by atoms with Crippen molar-refractivity contribution in [3.8, 4) is 0 Å². The normalized spacial score (nSPS) is 15.0.